The molecule has 0 aliphatic rings. The molecule has 0 amide bonds. The molecule has 24 aromatic rings. The highest BCUT2D eigenvalue weighted by Gasteiger charge is 2.32. The van der Waals surface area contributed by atoms with E-state index in [2.05, 4.69) is 430 Å². The van der Waals surface area contributed by atoms with Gasteiger partial charge in [-0.25, -0.2) is 0 Å². The van der Waals surface area contributed by atoms with E-state index in [9.17, 15) is 0 Å². The Morgan fingerprint density at radius 3 is 0.833 bits per heavy atom. The van der Waals surface area contributed by atoms with E-state index < -0.39 is 0 Å². The van der Waals surface area contributed by atoms with Crippen LogP contribution >= 0.6 is 0 Å². The minimum atomic E-state index is -0.0214. The lowest BCUT2D eigenvalue weighted by Gasteiger charge is -2.22. The van der Waals surface area contributed by atoms with Crippen LogP contribution in [0.1, 0.15) is 150 Å². The van der Waals surface area contributed by atoms with Crippen LogP contribution in [0.15, 0.2) is 309 Å². The van der Waals surface area contributed by atoms with E-state index in [1.165, 1.54) is 177 Å². The summed E-state index contributed by atoms with van der Waals surface area (Å²) in [7, 11) is 0. The average Bonchev–Trinajstić information content (AvgIpc) is 1.03. The number of furan rings is 4. The third kappa shape index (κ3) is 12.9. The minimum Gasteiger partial charge on any atom is -0.455 e. The number of para-hydroxylation sites is 2. The van der Waals surface area contributed by atoms with Crippen LogP contribution in [0, 0.1) is 55.4 Å². The predicted molar refractivity (Wildman–Crippen MR) is 566 cm³/mol. The molecule has 0 bridgehead atoms. The zero-order chi connectivity index (χ0) is 91.1. The lowest BCUT2D eigenvalue weighted by atomic mass is 9.82. The van der Waals surface area contributed by atoms with Crippen LogP contribution in [0.2, 0.25) is 0 Å². The van der Waals surface area contributed by atoms with Gasteiger partial charge in [0, 0.05) is 97.3 Å². The summed E-state index contributed by atoms with van der Waals surface area (Å²) in [4.78, 5) is 0. The van der Waals surface area contributed by atoms with E-state index in [1.54, 1.807) is 0 Å². The molecule has 4 heteroatoms. The second-order valence-corrected chi connectivity index (χ2v) is 42.2. The van der Waals surface area contributed by atoms with E-state index in [0.29, 0.717) is 0 Å². The first-order valence-corrected chi connectivity index (χ1v) is 47.0. The van der Waals surface area contributed by atoms with E-state index in [-0.39, 0.29) is 21.7 Å². The molecule has 0 saturated heterocycles. The van der Waals surface area contributed by atoms with Gasteiger partial charge in [0.1, 0.15) is 44.7 Å². The highest BCUT2D eigenvalue weighted by Crippen LogP contribution is 2.57. The summed E-state index contributed by atoms with van der Waals surface area (Å²) in [5.74, 6) is 0. The van der Waals surface area contributed by atoms with Crippen molar-refractivity contribution in [2.45, 2.75) is 160 Å². The molecule has 4 heterocycles. The Hall–Kier alpha value is -14.3. The van der Waals surface area contributed by atoms with Crippen LogP contribution < -0.4 is 0 Å². The van der Waals surface area contributed by atoms with Crippen molar-refractivity contribution < 1.29 is 17.7 Å². The van der Waals surface area contributed by atoms with E-state index in [0.717, 1.165) is 132 Å². The first-order valence-electron chi connectivity index (χ1n) is 47.0. The van der Waals surface area contributed by atoms with Gasteiger partial charge in [0.2, 0.25) is 0 Å². The molecular formula is C128H108O4. The Morgan fingerprint density at radius 2 is 0.470 bits per heavy atom. The SMILES string of the molecule is Cc1cc(-c2c3ccc4c5oc6ccccc6c5c(-c5ccc(-c6ccc(C(C)(C)C)cc6C)c(C)c5)c5ccc(c6oc7ccccc7c26)c3c54)ccc1-c1ccc(C(C)(C)C)cc1C.Cc1cccc(C)c1-c1cccc(-c2cc3cc4c5cc(C(C)(C)C)ccc5oc4c4c(-c5cccc(-c6c(C)cccc6C)c5)cc5cc6c7cc(C(C)(C)C)ccc7oc6c2c5c34)c1. The largest absolute Gasteiger partial charge is 0.455 e. The van der Waals surface area contributed by atoms with Gasteiger partial charge in [0.05, 0.1) is 0 Å². The summed E-state index contributed by atoms with van der Waals surface area (Å²) in [6, 6.07) is 109. The van der Waals surface area contributed by atoms with Crippen molar-refractivity contribution in [3.63, 3.8) is 0 Å². The smallest absolute Gasteiger partial charge is 0.143 e. The minimum absolute atomic E-state index is 0.0214. The van der Waals surface area contributed by atoms with Gasteiger partial charge in [-0.05, 0) is 328 Å². The molecule has 0 spiro atoms. The number of fused-ring (bicyclic) bond motifs is 16. The average molecular weight is 1710 g/mol. The van der Waals surface area contributed by atoms with E-state index >= 15 is 0 Å². The van der Waals surface area contributed by atoms with Crippen LogP contribution in [0.4, 0.5) is 0 Å². The monoisotopic (exact) mass is 1710 g/mol. The van der Waals surface area contributed by atoms with Gasteiger partial charge in [-0.3, -0.25) is 0 Å². The molecule has 20 aromatic carbocycles. The Morgan fingerprint density at radius 1 is 0.167 bits per heavy atom. The first kappa shape index (κ1) is 82.1. The molecule has 0 fully saturated rings. The number of rotatable bonds is 8. The molecule has 0 aliphatic carbocycles. The van der Waals surface area contributed by atoms with Gasteiger partial charge in [-0.15, -0.1) is 0 Å². The van der Waals surface area contributed by atoms with Crippen molar-refractivity contribution in [3.05, 3.63) is 358 Å². The molecule has 0 N–H and O–H groups in total. The van der Waals surface area contributed by atoms with Crippen LogP contribution in [0.5, 0.6) is 0 Å². The maximum absolute atomic E-state index is 7.15. The van der Waals surface area contributed by atoms with Gasteiger partial charge in [0.15, 0.2) is 0 Å². The summed E-state index contributed by atoms with van der Waals surface area (Å²) in [5.41, 5.74) is 42.4. The maximum atomic E-state index is 7.15. The molecule has 0 unspecified atom stereocenters. The van der Waals surface area contributed by atoms with Gasteiger partial charge in [0.25, 0.3) is 0 Å². The maximum Gasteiger partial charge on any atom is 0.143 e. The third-order valence-corrected chi connectivity index (χ3v) is 29.3. The number of hydrogen-bond donors (Lipinski definition) is 0. The second kappa shape index (κ2) is 29.6. The summed E-state index contributed by atoms with van der Waals surface area (Å²) in [5, 5.41) is 23.2. The molecule has 4 nitrogen and oxygen atoms in total. The lowest BCUT2D eigenvalue weighted by Crippen LogP contribution is -2.11. The van der Waals surface area contributed by atoms with Gasteiger partial charge in [-0.2, -0.15) is 0 Å². The highest BCUT2D eigenvalue weighted by molar-refractivity contribution is 6.42. The van der Waals surface area contributed by atoms with Crippen LogP contribution in [0.3, 0.4) is 0 Å². The Labute approximate surface area is 771 Å². The van der Waals surface area contributed by atoms with Gasteiger partial charge >= 0.3 is 0 Å². The van der Waals surface area contributed by atoms with E-state index in [4.69, 9.17) is 17.7 Å². The molecule has 0 radical (unpaired) electrons. The lowest BCUT2D eigenvalue weighted by molar-refractivity contribution is 0.589. The normalized spacial score (nSPS) is 12.7. The molecule has 0 atom stereocenters. The third-order valence-electron chi connectivity index (χ3n) is 29.3. The molecule has 0 saturated carbocycles. The number of hydrogen-bond acceptors (Lipinski definition) is 4. The van der Waals surface area contributed by atoms with Crippen molar-refractivity contribution in [1.82, 2.24) is 0 Å². The molecule has 4 aromatic heterocycles. The van der Waals surface area contributed by atoms with Crippen LogP contribution in [-0.4, -0.2) is 0 Å². The predicted octanol–water partition coefficient (Wildman–Crippen LogP) is 37.8. The van der Waals surface area contributed by atoms with Gasteiger partial charge in [-0.1, -0.05) is 289 Å². The van der Waals surface area contributed by atoms with Gasteiger partial charge < -0.3 is 17.7 Å². The van der Waals surface area contributed by atoms with Crippen LogP contribution in [-0.2, 0) is 21.7 Å². The zero-order valence-corrected chi connectivity index (χ0v) is 79.3. The Kier molecular flexibility index (Phi) is 18.4. The summed E-state index contributed by atoms with van der Waals surface area (Å²) in [6.45, 7) is 45.3. The van der Waals surface area contributed by atoms with Crippen molar-refractivity contribution in [2.24, 2.45) is 0 Å². The Balaban J connectivity index is 0.000000150. The van der Waals surface area contributed by atoms with Crippen molar-refractivity contribution >= 4 is 152 Å². The van der Waals surface area contributed by atoms with Crippen LogP contribution in [0.25, 0.3) is 241 Å². The number of aryl methyl sites for hydroxylation is 8. The topological polar surface area (TPSA) is 52.6 Å². The number of benzene rings is 20. The van der Waals surface area contributed by atoms with Crippen molar-refractivity contribution in [1.29, 1.82) is 0 Å². The zero-order valence-electron chi connectivity index (χ0n) is 79.3. The molecule has 132 heavy (non-hydrogen) atoms. The fourth-order valence-electron chi connectivity index (χ4n) is 22.4. The fourth-order valence-corrected chi connectivity index (χ4v) is 22.4. The highest BCUT2D eigenvalue weighted by atomic mass is 16.3. The molecule has 24 rings (SSSR count). The summed E-state index contributed by atoms with van der Waals surface area (Å²) >= 11 is 0. The first-order chi connectivity index (χ1) is 63.3. The van der Waals surface area contributed by atoms with E-state index in [1.807, 2.05) is 0 Å². The molecular weight excluding hydrogens is 1600 g/mol. The summed E-state index contributed by atoms with van der Waals surface area (Å²) < 4.78 is 28.3. The van der Waals surface area contributed by atoms with Crippen molar-refractivity contribution in [2.75, 3.05) is 0 Å². The Bertz CT molecular complexity index is 8450. The second-order valence-electron chi connectivity index (χ2n) is 42.2. The van der Waals surface area contributed by atoms with Crippen molar-refractivity contribution in [3.8, 4) is 89.0 Å². The molecule has 0 aliphatic heterocycles. The standard InChI is InChI=1S/2C64H54O2/c1-35-15-11-16-36(2)55(35)41-21-13-19-39(27-41)47-29-43-31-52-50-34-46(64(8,9)10)24-26-54(50)66-62(52)60-48(40-20-14-22-42(28-40)56-37(3)17-12-18-38(56)4)30-44-32-51-49-33-45(63(5,6)7)23-25-53(49)65-61(51)59(47)57(44)58(43)60;1-35-31-39(19-23-43(35)45-25-21-41(33-37(45)3)63(5,6)7)55-49-27-29-52-58-50(28-30-51(57(49)58)61-59(55)47-15-11-13-17-53(47)65-61)56(60-48-16-12-14-18-54(48)66-62(52)60)40-20-24-44(36(2)32-40)46-26-22-42(34-38(46)4)64(8,9)10/h2*11-34H,1-10H3. The molecule has 644 valence electrons. The quantitative estimate of drug-likeness (QED) is 0.142. The fraction of sp³-hybridized carbons (Fsp3) is 0.188. The summed E-state index contributed by atoms with van der Waals surface area (Å²) in [6.07, 6.45) is 0.